The van der Waals surface area contributed by atoms with Crippen LogP contribution in [0.4, 0.5) is 17.8 Å². The van der Waals surface area contributed by atoms with E-state index in [9.17, 15) is 0 Å². The zero-order valence-corrected chi connectivity index (χ0v) is 12.8. The Balaban J connectivity index is 1.84. The highest BCUT2D eigenvalue weighted by atomic mass is 32.1. The van der Waals surface area contributed by atoms with Crippen molar-refractivity contribution in [2.24, 2.45) is 5.84 Å². The monoisotopic (exact) mass is 305 g/mol. The predicted molar refractivity (Wildman–Crippen MR) is 85.5 cm³/mol. The van der Waals surface area contributed by atoms with Gasteiger partial charge in [0.2, 0.25) is 17.8 Å². The Morgan fingerprint density at radius 2 is 2.14 bits per heavy atom. The largest absolute Gasteiger partial charge is 0.341 e. The number of nitrogens with two attached hydrogens (primary N) is 1. The van der Waals surface area contributed by atoms with Gasteiger partial charge in [0.15, 0.2) is 0 Å². The molecule has 0 radical (unpaired) electrons. The molecular weight excluding hydrogens is 286 g/mol. The summed E-state index contributed by atoms with van der Waals surface area (Å²) in [5.74, 6) is 7.21. The Kier molecular flexibility index (Phi) is 4.16. The van der Waals surface area contributed by atoms with Crippen LogP contribution in [0.5, 0.6) is 0 Å². The minimum absolute atomic E-state index is 0.402. The molecule has 0 saturated carbocycles. The second kappa shape index (κ2) is 6.23. The van der Waals surface area contributed by atoms with Crippen LogP contribution in [0.3, 0.4) is 0 Å². The van der Waals surface area contributed by atoms with Gasteiger partial charge in [-0.15, -0.1) is 0 Å². The molecule has 1 aliphatic heterocycles. The number of rotatable bonds is 5. The molecule has 21 heavy (non-hydrogen) atoms. The van der Waals surface area contributed by atoms with E-state index in [0.29, 0.717) is 17.8 Å². The molecule has 3 N–H and O–H groups in total. The summed E-state index contributed by atoms with van der Waals surface area (Å²) >= 11 is 1.69. The van der Waals surface area contributed by atoms with Crippen molar-refractivity contribution in [3.8, 4) is 0 Å². The third-order valence-electron chi connectivity index (χ3n) is 3.47. The molecule has 0 spiro atoms. The quantitative estimate of drug-likeness (QED) is 0.639. The lowest BCUT2D eigenvalue weighted by atomic mass is 10.3. The second-order valence-corrected chi connectivity index (χ2v) is 5.87. The molecule has 0 unspecified atom stereocenters. The highest BCUT2D eigenvalue weighted by Gasteiger charge is 2.18. The minimum Gasteiger partial charge on any atom is -0.341 e. The van der Waals surface area contributed by atoms with Crippen molar-refractivity contribution in [2.75, 3.05) is 35.4 Å². The summed E-state index contributed by atoms with van der Waals surface area (Å²) in [5.41, 5.74) is 3.77. The van der Waals surface area contributed by atoms with E-state index in [1.54, 1.807) is 11.3 Å². The van der Waals surface area contributed by atoms with Crippen LogP contribution in [-0.2, 0) is 6.54 Å². The van der Waals surface area contributed by atoms with Crippen LogP contribution in [-0.4, -0.2) is 35.1 Å². The molecule has 2 aromatic heterocycles. The summed E-state index contributed by atoms with van der Waals surface area (Å²) < 4.78 is 0. The van der Waals surface area contributed by atoms with Gasteiger partial charge in [0, 0.05) is 26.7 Å². The Hall–Kier alpha value is -1.93. The lowest BCUT2D eigenvalue weighted by Crippen LogP contribution is -2.26. The van der Waals surface area contributed by atoms with E-state index >= 15 is 0 Å². The SMILES string of the molecule is CN(Cc1ccsc1)c1nc(NN)nc(N2CCCC2)n1. The number of nitrogens with zero attached hydrogens (tertiary/aromatic N) is 5. The van der Waals surface area contributed by atoms with Gasteiger partial charge in [-0.2, -0.15) is 26.3 Å². The number of thiophene rings is 1. The van der Waals surface area contributed by atoms with Crippen molar-refractivity contribution in [1.82, 2.24) is 15.0 Å². The molecule has 2 aromatic rings. The van der Waals surface area contributed by atoms with Crippen molar-refractivity contribution < 1.29 is 0 Å². The smallest absolute Gasteiger partial charge is 0.243 e. The van der Waals surface area contributed by atoms with E-state index in [-0.39, 0.29) is 0 Å². The number of aromatic nitrogens is 3. The first kappa shape index (κ1) is 14.0. The zero-order chi connectivity index (χ0) is 14.7. The van der Waals surface area contributed by atoms with Crippen molar-refractivity contribution in [3.63, 3.8) is 0 Å². The summed E-state index contributed by atoms with van der Waals surface area (Å²) in [6.07, 6.45) is 2.36. The molecule has 7 nitrogen and oxygen atoms in total. The van der Waals surface area contributed by atoms with Crippen molar-refractivity contribution in [1.29, 1.82) is 0 Å². The van der Waals surface area contributed by atoms with Crippen LogP contribution in [0.1, 0.15) is 18.4 Å². The van der Waals surface area contributed by atoms with Crippen LogP contribution >= 0.6 is 11.3 Å². The lowest BCUT2D eigenvalue weighted by molar-refractivity contribution is 0.826. The molecule has 112 valence electrons. The topological polar surface area (TPSA) is 83.2 Å². The average molecular weight is 305 g/mol. The normalized spacial score (nSPS) is 14.5. The molecule has 3 heterocycles. The fraction of sp³-hybridized carbons (Fsp3) is 0.462. The first-order chi connectivity index (χ1) is 10.3. The van der Waals surface area contributed by atoms with Crippen molar-refractivity contribution >= 4 is 29.2 Å². The second-order valence-electron chi connectivity index (χ2n) is 5.09. The third-order valence-corrected chi connectivity index (χ3v) is 4.20. The fourth-order valence-corrected chi connectivity index (χ4v) is 3.03. The molecule has 0 atom stereocenters. The standard InChI is InChI=1S/C13H19N7S/c1-19(8-10-4-7-21-9-10)12-15-11(18-14)16-13(17-12)20-5-2-3-6-20/h4,7,9H,2-3,5-6,8,14H2,1H3,(H,15,16,17,18). The maximum absolute atomic E-state index is 5.48. The van der Waals surface area contributed by atoms with E-state index in [0.717, 1.165) is 19.6 Å². The molecule has 1 saturated heterocycles. The first-order valence-electron chi connectivity index (χ1n) is 6.96. The Labute approximate surface area is 127 Å². The van der Waals surface area contributed by atoms with Gasteiger partial charge in [0.05, 0.1) is 0 Å². The third kappa shape index (κ3) is 3.22. The number of hydrogen-bond acceptors (Lipinski definition) is 8. The molecule has 0 aromatic carbocycles. The van der Waals surface area contributed by atoms with Gasteiger partial charge < -0.3 is 9.80 Å². The van der Waals surface area contributed by atoms with Crippen LogP contribution in [0.2, 0.25) is 0 Å². The van der Waals surface area contributed by atoms with Crippen LogP contribution in [0.25, 0.3) is 0 Å². The number of hydrazine groups is 1. The van der Waals surface area contributed by atoms with Gasteiger partial charge >= 0.3 is 0 Å². The number of nitrogen functional groups attached to an aromatic ring is 1. The average Bonchev–Trinajstić information content (AvgIpc) is 3.20. The van der Waals surface area contributed by atoms with E-state index in [1.165, 1.54) is 18.4 Å². The summed E-state index contributed by atoms with van der Waals surface area (Å²) in [6, 6.07) is 2.10. The minimum atomic E-state index is 0.402. The highest BCUT2D eigenvalue weighted by Crippen LogP contribution is 2.20. The lowest BCUT2D eigenvalue weighted by Gasteiger charge is -2.20. The Morgan fingerprint density at radius 3 is 2.81 bits per heavy atom. The molecule has 0 aliphatic carbocycles. The number of nitrogens with one attached hydrogen (secondary N) is 1. The van der Waals surface area contributed by atoms with Gasteiger partial charge in [-0.3, -0.25) is 5.43 Å². The Morgan fingerprint density at radius 1 is 1.33 bits per heavy atom. The predicted octanol–water partition coefficient (Wildman–Crippen LogP) is 1.46. The van der Waals surface area contributed by atoms with Gasteiger partial charge in [-0.1, -0.05) is 0 Å². The van der Waals surface area contributed by atoms with E-state index < -0.39 is 0 Å². The number of anilines is 3. The molecule has 0 amide bonds. The van der Waals surface area contributed by atoms with E-state index in [4.69, 9.17) is 5.84 Å². The molecule has 0 bridgehead atoms. The van der Waals surface area contributed by atoms with E-state index in [2.05, 4.69) is 42.1 Å². The molecule has 1 fully saturated rings. The number of hydrogen-bond donors (Lipinski definition) is 2. The van der Waals surface area contributed by atoms with Crippen LogP contribution < -0.4 is 21.1 Å². The molecular formula is C13H19N7S. The Bertz CT molecular complexity index is 580. The van der Waals surface area contributed by atoms with Crippen molar-refractivity contribution in [3.05, 3.63) is 22.4 Å². The molecule has 3 rings (SSSR count). The van der Waals surface area contributed by atoms with Gasteiger partial charge in [-0.05, 0) is 35.2 Å². The summed E-state index contributed by atoms with van der Waals surface area (Å²) in [7, 11) is 1.97. The van der Waals surface area contributed by atoms with Gasteiger partial charge in [0.25, 0.3) is 0 Å². The fourth-order valence-electron chi connectivity index (χ4n) is 2.37. The van der Waals surface area contributed by atoms with E-state index in [1.807, 2.05) is 11.9 Å². The summed E-state index contributed by atoms with van der Waals surface area (Å²) in [6.45, 7) is 2.74. The maximum Gasteiger partial charge on any atom is 0.243 e. The summed E-state index contributed by atoms with van der Waals surface area (Å²) in [4.78, 5) is 17.5. The van der Waals surface area contributed by atoms with Gasteiger partial charge in [0.1, 0.15) is 0 Å². The van der Waals surface area contributed by atoms with Crippen LogP contribution in [0.15, 0.2) is 16.8 Å². The van der Waals surface area contributed by atoms with Crippen LogP contribution in [0, 0.1) is 0 Å². The van der Waals surface area contributed by atoms with Gasteiger partial charge in [-0.25, -0.2) is 5.84 Å². The summed E-state index contributed by atoms with van der Waals surface area (Å²) in [5, 5.41) is 4.19. The maximum atomic E-state index is 5.48. The zero-order valence-electron chi connectivity index (χ0n) is 12.0. The first-order valence-corrected chi connectivity index (χ1v) is 7.90. The molecule has 8 heteroatoms. The van der Waals surface area contributed by atoms with Crippen molar-refractivity contribution in [2.45, 2.75) is 19.4 Å². The molecule has 1 aliphatic rings. The highest BCUT2D eigenvalue weighted by molar-refractivity contribution is 7.07.